The number of aromatic hydroxyl groups is 1. The Morgan fingerprint density at radius 1 is 1.40 bits per heavy atom. The van der Waals surface area contributed by atoms with Crippen LogP contribution in [0.4, 0.5) is 0 Å². The van der Waals surface area contributed by atoms with Gasteiger partial charge < -0.3 is 15.2 Å². The van der Waals surface area contributed by atoms with Gasteiger partial charge in [0.2, 0.25) is 0 Å². The molecule has 1 saturated heterocycles. The largest absolute Gasteiger partial charge is 0.507 e. The van der Waals surface area contributed by atoms with Crippen molar-refractivity contribution in [3.8, 4) is 5.75 Å². The number of ether oxygens (including phenoxy) is 1. The van der Waals surface area contributed by atoms with E-state index in [-0.39, 0.29) is 28.9 Å². The summed E-state index contributed by atoms with van der Waals surface area (Å²) in [4.78, 5) is 12.2. The third kappa shape index (κ3) is 2.63. The Balaban J connectivity index is 1.65. The van der Waals surface area contributed by atoms with Crippen LogP contribution in [0.3, 0.4) is 0 Å². The van der Waals surface area contributed by atoms with E-state index in [0.29, 0.717) is 11.6 Å². The van der Waals surface area contributed by atoms with E-state index in [0.717, 1.165) is 19.3 Å². The van der Waals surface area contributed by atoms with Crippen molar-refractivity contribution < 1.29 is 14.6 Å². The summed E-state index contributed by atoms with van der Waals surface area (Å²) >= 11 is 5.76. The van der Waals surface area contributed by atoms with Gasteiger partial charge in [0.05, 0.1) is 23.8 Å². The second kappa shape index (κ2) is 5.26. The normalized spacial score (nSPS) is 24.1. The van der Waals surface area contributed by atoms with Crippen LogP contribution in [0.1, 0.15) is 42.5 Å². The fourth-order valence-corrected chi connectivity index (χ4v) is 3.43. The van der Waals surface area contributed by atoms with E-state index in [1.807, 2.05) is 0 Å². The van der Waals surface area contributed by atoms with Crippen molar-refractivity contribution in [2.45, 2.75) is 43.7 Å². The number of benzene rings is 1. The molecule has 0 bridgehead atoms. The molecule has 1 aliphatic heterocycles. The van der Waals surface area contributed by atoms with E-state index in [1.54, 1.807) is 6.07 Å². The first kappa shape index (κ1) is 13.7. The molecule has 1 heterocycles. The van der Waals surface area contributed by atoms with Gasteiger partial charge in [0, 0.05) is 5.02 Å². The second-order valence-electron chi connectivity index (χ2n) is 5.74. The van der Waals surface area contributed by atoms with Crippen molar-refractivity contribution in [2.24, 2.45) is 0 Å². The van der Waals surface area contributed by atoms with E-state index < -0.39 is 0 Å². The standard InChI is InChI=1S/C15H18ClNO3/c16-10-3-4-12(13(18)7-10)14(19)17-11-8-15(20-9-11)5-1-2-6-15/h3-4,7,11,18H,1-2,5-6,8-9H2,(H,17,19). The van der Waals surface area contributed by atoms with Crippen LogP contribution in [-0.2, 0) is 4.74 Å². The summed E-state index contributed by atoms with van der Waals surface area (Å²) in [6.45, 7) is 0.556. The van der Waals surface area contributed by atoms with Crippen LogP contribution in [0.25, 0.3) is 0 Å². The van der Waals surface area contributed by atoms with Crippen LogP contribution in [0.15, 0.2) is 18.2 Å². The van der Waals surface area contributed by atoms with Gasteiger partial charge in [0.15, 0.2) is 0 Å². The lowest BCUT2D eigenvalue weighted by molar-refractivity contribution is 0.00987. The fraction of sp³-hybridized carbons (Fsp3) is 0.533. The highest BCUT2D eigenvalue weighted by molar-refractivity contribution is 6.30. The van der Waals surface area contributed by atoms with Gasteiger partial charge in [-0.2, -0.15) is 0 Å². The highest BCUT2D eigenvalue weighted by atomic mass is 35.5. The molecule has 108 valence electrons. The molecule has 1 aliphatic carbocycles. The first-order chi connectivity index (χ1) is 9.58. The number of carbonyl (C=O) groups excluding carboxylic acids is 1. The van der Waals surface area contributed by atoms with Gasteiger partial charge >= 0.3 is 0 Å². The molecule has 5 heteroatoms. The van der Waals surface area contributed by atoms with Crippen LogP contribution in [0, 0.1) is 0 Å². The second-order valence-corrected chi connectivity index (χ2v) is 6.17. The molecule has 1 aromatic carbocycles. The number of phenolic OH excluding ortho intramolecular Hbond substituents is 1. The minimum absolute atomic E-state index is 0.0139. The first-order valence-electron chi connectivity index (χ1n) is 7.01. The Hall–Kier alpha value is -1.26. The van der Waals surface area contributed by atoms with Crippen LogP contribution >= 0.6 is 11.6 Å². The van der Waals surface area contributed by atoms with Crippen LogP contribution in [0.2, 0.25) is 5.02 Å². The number of phenols is 1. The minimum atomic E-state index is -0.275. The molecule has 3 rings (SSSR count). The molecule has 4 nitrogen and oxygen atoms in total. The summed E-state index contributed by atoms with van der Waals surface area (Å²) in [5.74, 6) is -0.368. The Morgan fingerprint density at radius 2 is 2.15 bits per heavy atom. The van der Waals surface area contributed by atoms with Crippen molar-refractivity contribution in [3.05, 3.63) is 28.8 Å². The van der Waals surface area contributed by atoms with Gasteiger partial charge in [0.1, 0.15) is 5.75 Å². The molecule has 1 aromatic rings. The quantitative estimate of drug-likeness (QED) is 0.882. The lowest BCUT2D eigenvalue weighted by Gasteiger charge is -2.21. The SMILES string of the molecule is O=C(NC1COC2(CCCC2)C1)c1ccc(Cl)cc1O. The van der Waals surface area contributed by atoms with Gasteiger partial charge in [-0.3, -0.25) is 4.79 Å². The Labute approximate surface area is 123 Å². The maximum atomic E-state index is 12.2. The smallest absolute Gasteiger partial charge is 0.255 e. The molecule has 2 fully saturated rings. The van der Waals surface area contributed by atoms with E-state index in [1.165, 1.54) is 25.0 Å². The average Bonchev–Trinajstić information content (AvgIpc) is 3.00. The minimum Gasteiger partial charge on any atom is -0.507 e. The summed E-state index contributed by atoms with van der Waals surface area (Å²) in [6.07, 6.45) is 5.46. The molecule has 1 unspecified atom stereocenters. The molecule has 1 amide bonds. The zero-order valence-electron chi connectivity index (χ0n) is 11.2. The Morgan fingerprint density at radius 3 is 2.85 bits per heavy atom. The van der Waals surface area contributed by atoms with E-state index in [4.69, 9.17) is 16.3 Å². The number of halogens is 1. The third-order valence-electron chi connectivity index (χ3n) is 4.26. The van der Waals surface area contributed by atoms with Gasteiger partial charge in [-0.25, -0.2) is 0 Å². The topological polar surface area (TPSA) is 58.6 Å². The fourth-order valence-electron chi connectivity index (χ4n) is 3.26. The summed E-state index contributed by atoms with van der Waals surface area (Å²) in [5.41, 5.74) is 0.238. The number of rotatable bonds is 2. The summed E-state index contributed by atoms with van der Waals surface area (Å²) < 4.78 is 5.90. The molecule has 0 aromatic heterocycles. The van der Waals surface area contributed by atoms with Gasteiger partial charge in [-0.05, 0) is 37.5 Å². The number of amides is 1. The van der Waals surface area contributed by atoms with Crippen LogP contribution in [-0.4, -0.2) is 29.3 Å². The average molecular weight is 296 g/mol. The van der Waals surface area contributed by atoms with Gasteiger partial charge in [-0.1, -0.05) is 24.4 Å². The maximum Gasteiger partial charge on any atom is 0.255 e. The molecular weight excluding hydrogens is 278 g/mol. The van der Waals surface area contributed by atoms with Crippen LogP contribution < -0.4 is 5.32 Å². The predicted octanol–water partition coefficient (Wildman–Crippen LogP) is 2.88. The lowest BCUT2D eigenvalue weighted by Crippen LogP contribution is -2.36. The lowest BCUT2D eigenvalue weighted by atomic mass is 9.96. The highest BCUT2D eigenvalue weighted by Gasteiger charge is 2.42. The van der Waals surface area contributed by atoms with E-state index in [2.05, 4.69) is 5.32 Å². The van der Waals surface area contributed by atoms with Crippen LogP contribution in [0.5, 0.6) is 5.75 Å². The number of carbonyl (C=O) groups is 1. The Bertz CT molecular complexity index is 526. The maximum absolute atomic E-state index is 12.2. The molecule has 2 N–H and O–H groups in total. The van der Waals surface area contributed by atoms with E-state index >= 15 is 0 Å². The molecule has 0 radical (unpaired) electrons. The number of hydrogen-bond acceptors (Lipinski definition) is 3. The molecule has 20 heavy (non-hydrogen) atoms. The molecule has 2 aliphatic rings. The summed E-state index contributed by atoms with van der Waals surface area (Å²) in [7, 11) is 0. The van der Waals surface area contributed by atoms with Gasteiger partial charge in [0.25, 0.3) is 5.91 Å². The van der Waals surface area contributed by atoms with Crippen molar-refractivity contribution in [1.29, 1.82) is 0 Å². The zero-order valence-corrected chi connectivity index (χ0v) is 11.9. The van der Waals surface area contributed by atoms with Gasteiger partial charge in [-0.15, -0.1) is 0 Å². The van der Waals surface area contributed by atoms with Crippen molar-refractivity contribution in [3.63, 3.8) is 0 Å². The highest BCUT2D eigenvalue weighted by Crippen LogP contribution is 2.40. The van der Waals surface area contributed by atoms with Crippen molar-refractivity contribution >= 4 is 17.5 Å². The summed E-state index contributed by atoms with van der Waals surface area (Å²) in [6, 6.07) is 4.53. The summed E-state index contributed by atoms with van der Waals surface area (Å²) in [5, 5.41) is 13.1. The van der Waals surface area contributed by atoms with E-state index in [9.17, 15) is 9.90 Å². The van der Waals surface area contributed by atoms with Crippen molar-refractivity contribution in [2.75, 3.05) is 6.61 Å². The first-order valence-corrected chi connectivity index (χ1v) is 7.39. The Kier molecular flexibility index (Phi) is 3.61. The monoisotopic (exact) mass is 295 g/mol. The number of hydrogen-bond donors (Lipinski definition) is 2. The molecular formula is C15H18ClNO3. The molecule has 1 atom stereocenters. The molecule has 1 spiro atoms. The number of nitrogens with one attached hydrogen (secondary N) is 1. The van der Waals surface area contributed by atoms with Crippen molar-refractivity contribution in [1.82, 2.24) is 5.32 Å². The third-order valence-corrected chi connectivity index (χ3v) is 4.50. The zero-order chi connectivity index (χ0) is 14.2. The predicted molar refractivity (Wildman–Crippen MR) is 76.1 cm³/mol. The molecule has 1 saturated carbocycles.